The molecule has 0 saturated carbocycles. The van der Waals surface area contributed by atoms with Gasteiger partial charge in [0.2, 0.25) is 0 Å². The third kappa shape index (κ3) is 3.17. The van der Waals surface area contributed by atoms with E-state index in [1.165, 1.54) is 11.3 Å². The molecule has 2 N–H and O–H groups in total. The van der Waals surface area contributed by atoms with Crippen molar-refractivity contribution in [2.24, 2.45) is 0 Å². The second-order valence-corrected chi connectivity index (χ2v) is 7.08. The third-order valence-corrected chi connectivity index (χ3v) is 5.27. The lowest BCUT2D eigenvalue weighted by Crippen LogP contribution is -2.46. The topological polar surface area (TPSA) is 54.6 Å². The Kier molecular flexibility index (Phi) is 4.38. The standard InChI is InChI=1S/C15H18ClNO3S/c1-10-15(18,6-8-19-10)9-17-14(11-3-2-7-20-11)12-4-5-13(16)21-12/h2-5,7,10,14,17-18H,6,8-9H2,1H3. The molecule has 1 saturated heterocycles. The Morgan fingerprint density at radius 2 is 2.38 bits per heavy atom. The highest BCUT2D eigenvalue weighted by Gasteiger charge is 2.40. The van der Waals surface area contributed by atoms with Crippen LogP contribution in [-0.2, 0) is 4.74 Å². The molecule has 1 aliphatic heterocycles. The highest BCUT2D eigenvalue weighted by Crippen LogP contribution is 2.32. The number of hydrogen-bond donors (Lipinski definition) is 2. The Bertz CT molecular complexity index is 586. The lowest BCUT2D eigenvalue weighted by atomic mass is 9.96. The molecule has 6 heteroatoms. The van der Waals surface area contributed by atoms with Gasteiger partial charge in [0, 0.05) is 24.4 Å². The molecule has 3 heterocycles. The summed E-state index contributed by atoms with van der Waals surface area (Å²) in [4.78, 5) is 1.06. The van der Waals surface area contributed by atoms with Gasteiger partial charge in [0.25, 0.3) is 0 Å². The van der Waals surface area contributed by atoms with Crippen molar-refractivity contribution in [1.29, 1.82) is 0 Å². The number of nitrogens with one attached hydrogen (secondary N) is 1. The van der Waals surface area contributed by atoms with E-state index in [0.29, 0.717) is 19.6 Å². The van der Waals surface area contributed by atoms with Crippen molar-refractivity contribution in [3.63, 3.8) is 0 Å². The zero-order valence-corrected chi connectivity index (χ0v) is 13.3. The molecule has 3 unspecified atom stereocenters. The maximum absolute atomic E-state index is 10.6. The summed E-state index contributed by atoms with van der Waals surface area (Å²) in [6, 6.07) is 7.51. The average Bonchev–Trinajstić information content (AvgIpc) is 3.16. The first-order chi connectivity index (χ1) is 10.1. The number of halogens is 1. The molecule has 0 aromatic carbocycles. The number of aliphatic hydroxyl groups is 1. The van der Waals surface area contributed by atoms with Crippen LogP contribution in [0.3, 0.4) is 0 Å². The summed E-state index contributed by atoms with van der Waals surface area (Å²) in [6.07, 6.45) is 2.11. The van der Waals surface area contributed by atoms with Crippen LogP contribution in [0.2, 0.25) is 4.34 Å². The monoisotopic (exact) mass is 327 g/mol. The normalized spacial score (nSPS) is 27.1. The summed E-state index contributed by atoms with van der Waals surface area (Å²) < 4.78 is 11.7. The molecule has 1 aliphatic rings. The molecule has 2 aromatic heterocycles. The highest BCUT2D eigenvalue weighted by molar-refractivity contribution is 7.16. The molecule has 21 heavy (non-hydrogen) atoms. The predicted molar refractivity (Wildman–Crippen MR) is 82.9 cm³/mol. The van der Waals surface area contributed by atoms with Gasteiger partial charge in [-0.3, -0.25) is 0 Å². The molecule has 0 bridgehead atoms. The van der Waals surface area contributed by atoms with Crippen molar-refractivity contribution < 1.29 is 14.3 Å². The maximum atomic E-state index is 10.6. The Morgan fingerprint density at radius 1 is 1.52 bits per heavy atom. The van der Waals surface area contributed by atoms with Crippen LogP contribution in [0.4, 0.5) is 0 Å². The van der Waals surface area contributed by atoms with Gasteiger partial charge in [-0.05, 0) is 31.2 Å². The van der Waals surface area contributed by atoms with E-state index in [4.69, 9.17) is 20.8 Å². The smallest absolute Gasteiger partial charge is 0.126 e. The fourth-order valence-corrected chi connectivity index (χ4v) is 3.71. The van der Waals surface area contributed by atoms with Crippen LogP contribution in [0.1, 0.15) is 30.0 Å². The van der Waals surface area contributed by atoms with Gasteiger partial charge in [-0.25, -0.2) is 0 Å². The SMILES string of the molecule is CC1OCCC1(O)CNC(c1ccco1)c1ccc(Cl)s1. The van der Waals surface area contributed by atoms with Crippen LogP contribution in [0.5, 0.6) is 0 Å². The van der Waals surface area contributed by atoms with Gasteiger partial charge in [-0.1, -0.05) is 11.6 Å². The van der Waals surface area contributed by atoms with Crippen molar-refractivity contribution in [3.05, 3.63) is 45.5 Å². The molecule has 114 valence electrons. The minimum atomic E-state index is -0.841. The molecule has 1 fully saturated rings. The van der Waals surface area contributed by atoms with Crippen LogP contribution < -0.4 is 5.32 Å². The van der Waals surface area contributed by atoms with Crippen LogP contribution in [0, 0.1) is 0 Å². The summed E-state index contributed by atoms with van der Waals surface area (Å²) in [7, 11) is 0. The number of hydrogen-bond acceptors (Lipinski definition) is 5. The highest BCUT2D eigenvalue weighted by atomic mass is 35.5. The molecule has 3 rings (SSSR count). The van der Waals surface area contributed by atoms with E-state index in [1.54, 1.807) is 6.26 Å². The van der Waals surface area contributed by atoms with E-state index >= 15 is 0 Å². The van der Waals surface area contributed by atoms with E-state index in [2.05, 4.69) is 5.32 Å². The maximum Gasteiger partial charge on any atom is 0.126 e. The zero-order chi connectivity index (χ0) is 14.9. The van der Waals surface area contributed by atoms with Crippen molar-refractivity contribution in [2.75, 3.05) is 13.2 Å². The van der Waals surface area contributed by atoms with Crippen molar-refractivity contribution in [2.45, 2.75) is 31.1 Å². The number of furan rings is 1. The molecule has 2 aromatic rings. The summed E-state index contributed by atoms with van der Waals surface area (Å²) in [5.41, 5.74) is -0.841. The molecule has 0 aliphatic carbocycles. The Hall–Kier alpha value is -0.850. The van der Waals surface area contributed by atoms with Gasteiger partial charge in [-0.2, -0.15) is 0 Å². The predicted octanol–water partition coefficient (Wildman–Crippen LogP) is 3.21. The minimum Gasteiger partial charge on any atom is -0.467 e. The van der Waals surface area contributed by atoms with Crippen LogP contribution >= 0.6 is 22.9 Å². The fraction of sp³-hybridized carbons (Fsp3) is 0.467. The first kappa shape index (κ1) is 15.1. The van der Waals surface area contributed by atoms with Gasteiger partial charge in [-0.15, -0.1) is 11.3 Å². The van der Waals surface area contributed by atoms with Gasteiger partial charge >= 0.3 is 0 Å². The molecule has 0 spiro atoms. The Balaban J connectivity index is 1.77. The first-order valence-corrected chi connectivity index (χ1v) is 8.14. The Labute approximate surface area is 132 Å². The summed E-state index contributed by atoms with van der Waals surface area (Å²) in [6.45, 7) is 2.93. The second kappa shape index (κ2) is 6.10. The second-order valence-electron chi connectivity index (χ2n) is 5.34. The van der Waals surface area contributed by atoms with Crippen LogP contribution in [0.25, 0.3) is 0 Å². The van der Waals surface area contributed by atoms with Gasteiger partial charge in [0.05, 0.1) is 16.7 Å². The summed E-state index contributed by atoms with van der Waals surface area (Å²) in [5.74, 6) is 0.809. The number of rotatable bonds is 5. The van der Waals surface area contributed by atoms with Crippen LogP contribution in [-0.4, -0.2) is 30.0 Å². The van der Waals surface area contributed by atoms with Gasteiger partial charge in [0.15, 0.2) is 0 Å². The molecule has 3 atom stereocenters. The van der Waals surface area contributed by atoms with Crippen molar-refractivity contribution in [1.82, 2.24) is 5.32 Å². The van der Waals surface area contributed by atoms with E-state index in [1.807, 2.05) is 31.2 Å². The van der Waals surface area contributed by atoms with Gasteiger partial charge < -0.3 is 19.6 Å². The molecular formula is C15H18ClNO3S. The first-order valence-electron chi connectivity index (χ1n) is 6.94. The molecule has 0 radical (unpaired) electrons. The van der Waals surface area contributed by atoms with E-state index in [9.17, 15) is 5.11 Å². The summed E-state index contributed by atoms with van der Waals surface area (Å²) in [5, 5.41) is 14.0. The zero-order valence-electron chi connectivity index (χ0n) is 11.7. The Morgan fingerprint density at radius 3 is 2.95 bits per heavy atom. The van der Waals surface area contributed by atoms with Crippen molar-refractivity contribution in [3.8, 4) is 0 Å². The minimum absolute atomic E-state index is 0.116. The van der Waals surface area contributed by atoms with E-state index in [0.717, 1.165) is 15.0 Å². The lowest BCUT2D eigenvalue weighted by molar-refractivity contribution is -0.0273. The van der Waals surface area contributed by atoms with Crippen molar-refractivity contribution >= 4 is 22.9 Å². The molecule has 4 nitrogen and oxygen atoms in total. The molecule has 0 amide bonds. The fourth-order valence-electron chi connectivity index (χ4n) is 2.56. The number of thiophene rings is 1. The van der Waals surface area contributed by atoms with Gasteiger partial charge in [0.1, 0.15) is 17.4 Å². The quantitative estimate of drug-likeness (QED) is 0.885. The van der Waals surface area contributed by atoms with E-state index < -0.39 is 5.60 Å². The largest absolute Gasteiger partial charge is 0.467 e. The molecular weight excluding hydrogens is 310 g/mol. The third-order valence-electron chi connectivity index (χ3n) is 3.98. The van der Waals surface area contributed by atoms with E-state index in [-0.39, 0.29) is 12.1 Å². The lowest BCUT2D eigenvalue weighted by Gasteiger charge is -2.28. The summed E-state index contributed by atoms with van der Waals surface area (Å²) >= 11 is 7.54. The number of ether oxygens (including phenoxy) is 1. The average molecular weight is 328 g/mol. The van der Waals surface area contributed by atoms with Crippen LogP contribution in [0.15, 0.2) is 34.9 Å².